The number of aromatic nitrogens is 4. The fourth-order valence-electron chi connectivity index (χ4n) is 4.12. The normalized spacial score (nSPS) is 16.3. The van der Waals surface area contributed by atoms with E-state index in [-0.39, 0.29) is 33.6 Å². The van der Waals surface area contributed by atoms with Crippen LogP contribution in [0.5, 0.6) is 0 Å². The predicted octanol–water partition coefficient (Wildman–Crippen LogP) is 6.00. The van der Waals surface area contributed by atoms with E-state index >= 15 is 0 Å². The molecule has 4 rings (SSSR count). The molecule has 5 nitrogen and oxygen atoms in total. The minimum atomic E-state index is -4.69. The molecule has 1 N–H and O–H groups in total. The first-order chi connectivity index (χ1) is 14.8. The van der Waals surface area contributed by atoms with Gasteiger partial charge in [0.1, 0.15) is 17.8 Å². The van der Waals surface area contributed by atoms with Gasteiger partial charge in [-0.2, -0.15) is 0 Å². The second-order valence-corrected chi connectivity index (χ2v) is 7.88. The van der Waals surface area contributed by atoms with Crippen LogP contribution in [-0.2, 0) is 6.30 Å². The predicted molar refractivity (Wildman–Crippen MR) is 110 cm³/mol. The summed E-state index contributed by atoms with van der Waals surface area (Å²) in [7, 11) is 0. The highest BCUT2D eigenvalue weighted by atomic mass is 19.4. The number of halogens is 4. The van der Waals surface area contributed by atoms with E-state index < -0.39 is 12.1 Å². The first kappa shape index (κ1) is 21.3. The number of hydrogen-bond acceptors (Lipinski definition) is 4. The number of nitrogens with zero attached hydrogens (tertiary/aromatic N) is 4. The Kier molecular flexibility index (Phi) is 5.93. The van der Waals surface area contributed by atoms with Crippen LogP contribution < -0.4 is 5.32 Å². The summed E-state index contributed by atoms with van der Waals surface area (Å²) in [5.74, 6) is 0.276. The summed E-state index contributed by atoms with van der Waals surface area (Å²) in [6, 6.07) is 6.69. The third kappa shape index (κ3) is 4.70. The van der Waals surface area contributed by atoms with E-state index in [1.54, 1.807) is 0 Å². The van der Waals surface area contributed by atoms with Crippen LogP contribution in [-0.4, -0.2) is 25.6 Å². The maximum absolute atomic E-state index is 13.7. The summed E-state index contributed by atoms with van der Waals surface area (Å²) in [5.41, 5.74) is 0.308. The number of benzene rings is 1. The Morgan fingerprint density at radius 2 is 1.74 bits per heavy atom. The van der Waals surface area contributed by atoms with Gasteiger partial charge in [0.15, 0.2) is 0 Å². The maximum Gasteiger partial charge on any atom is 0.490 e. The Hall–Kier alpha value is -2.97. The second-order valence-electron chi connectivity index (χ2n) is 7.88. The van der Waals surface area contributed by atoms with Gasteiger partial charge in [-0.25, -0.2) is 23.9 Å². The van der Waals surface area contributed by atoms with E-state index in [0.717, 1.165) is 12.8 Å². The molecule has 0 bridgehead atoms. The molecular weight excluding hydrogens is 410 g/mol. The van der Waals surface area contributed by atoms with Crippen LogP contribution in [0.3, 0.4) is 0 Å². The van der Waals surface area contributed by atoms with Crippen molar-refractivity contribution in [2.75, 3.05) is 5.32 Å². The highest BCUT2D eigenvalue weighted by Gasteiger charge is 2.35. The van der Waals surface area contributed by atoms with Gasteiger partial charge in [-0.3, -0.25) is 0 Å². The van der Waals surface area contributed by atoms with Gasteiger partial charge in [-0.1, -0.05) is 19.3 Å². The molecule has 164 valence electrons. The molecule has 2 aromatic heterocycles. The summed E-state index contributed by atoms with van der Waals surface area (Å²) < 4.78 is 54.5. The molecule has 0 spiro atoms. The quantitative estimate of drug-likeness (QED) is 0.501. The highest BCUT2D eigenvalue weighted by Crippen LogP contribution is 2.36. The lowest BCUT2D eigenvalue weighted by Crippen LogP contribution is -2.28. The van der Waals surface area contributed by atoms with Crippen molar-refractivity contribution in [2.24, 2.45) is 5.92 Å². The molecule has 1 aliphatic carbocycles. The summed E-state index contributed by atoms with van der Waals surface area (Å²) in [6.45, 7) is 2.05. The van der Waals surface area contributed by atoms with Crippen LogP contribution in [0.25, 0.3) is 22.6 Å². The Labute approximate surface area is 177 Å². The Balaban J connectivity index is 1.70. The van der Waals surface area contributed by atoms with E-state index in [2.05, 4.69) is 27.2 Å². The third-order valence-electron chi connectivity index (χ3n) is 5.77. The van der Waals surface area contributed by atoms with E-state index in [1.165, 1.54) is 55.8 Å². The van der Waals surface area contributed by atoms with Gasteiger partial charge in [0.2, 0.25) is 5.95 Å². The number of rotatable bonds is 5. The molecule has 2 heterocycles. The summed E-state index contributed by atoms with van der Waals surface area (Å²) >= 11 is 0. The molecule has 1 aliphatic rings. The van der Waals surface area contributed by atoms with Crippen molar-refractivity contribution in [3.63, 3.8) is 0 Å². The Morgan fingerprint density at radius 3 is 2.42 bits per heavy atom. The zero-order chi connectivity index (χ0) is 22.0. The largest absolute Gasteiger partial charge is 0.490 e. The topological polar surface area (TPSA) is 55.6 Å². The molecule has 0 radical (unpaired) electrons. The molecule has 0 saturated heterocycles. The van der Waals surface area contributed by atoms with Crippen LogP contribution in [0.2, 0.25) is 0 Å². The van der Waals surface area contributed by atoms with Gasteiger partial charge in [0.25, 0.3) is 0 Å². The number of hydrogen-bond donors (Lipinski definition) is 1. The molecule has 1 saturated carbocycles. The average molecular weight is 433 g/mol. The highest BCUT2D eigenvalue weighted by molar-refractivity contribution is 5.77. The van der Waals surface area contributed by atoms with Crippen LogP contribution in [0.15, 0.2) is 42.9 Å². The van der Waals surface area contributed by atoms with Crippen LogP contribution in [0, 0.1) is 11.7 Å². The van der Waals surface area contributed by atoms with Gasteiger partial charge >= 0.3 is 6.30 Å². The average Bonchev–Trinajstić information content (AvgIpc) is 3.21. The molecule has 0 unspecified atom stereocenters. The number of anilines is 1. The molecule has 1 atom stereocenters. The van der Waals surface area contributed by atoms with E-state index in [1.807, 2.05) is 0 Å². The Bertz CT molecular complexity index is 1020. The first-order valence-electron chi connectivity index (χ1n) is 10.3. The number of alkyl halides is 3. The van der Waals surface area contributed by atoms with E-state index in [9.17, 15) is 17.6 Å². The second kappa shape index (κ2) is 8.64. The standard InChI is InChI=1S/C22H23F4N5/c1-14(15-5-3-2-4-6-15)29-21-27-12-11-18(30-21)20-19(16-7-9-17(23)10-8-16)28-13-31(20)22(24,25)26/h7-15H,2-6H2,1H3,(H,27,29,30)/t14-/m0/s1. The molecule has 9 heteroatoms. The van der Waals surface area contributed by atoms with Gasteiger partial charge in [0, 0.05) is 17.8 Å². The van der Waals surface area contributed by atoms with Crippen molar-refractivity contribution in [1.82, 2.24) is 19.5 Å². The minimum absolute atomic E-state index is 0.0716. The monoisotopic (exact) mass is 433 g/mol. The summed E-state index contributed by atoms with van der Waals surface area (Å²) in [5, 5.41) is 3.26. The summed E-state index contributed by atoms with van der Waals surface area (Å²) in [6.07, 6.45) is 3.30. The molecule has 31 heavy (non-hydrogen) atoms. The SMILES string of the molecule is C[C@H](Nc1nccc(-c2c(-c3ccc(F)cc3)ncn2C(F)(F)F)n1)C1CCCCC1. The lowest BCUT2D eigenvalue weighted by atomic mass is 9.85. The molecule has 0 amide bonds. The van der Waals surface area contributed by atoms with Crippen molar-refractivity contribution in [2.45, 2.75) is 51.4 Å². The van der Waals surface area contributed by atoms with Gasteiger partial charge in [-0.15, -0.1) is 13.2 Å². The zero-order valence-electron chi connectivity index (χ0n) is 17.0. The molecule has 1 fully saturated rings. The van der Waals surface area contributed by atoms with Crippen LogP contribution in [0.4, 0.5) is 23.5 Å². The van der Waals surface area contributed by atoms with E-state index in [4.69, 9.17) is 0 Å². The van der Waals surface area contributed by atoms with Crippen molar-refractivity contribution >= 4 is 5.95 Å². The minimum Gasteiger partial charge on any atom is -0.351 e. The zero-order valence-corrected chi connectivity index (χ0v) is 17.0. The third-order valence-corrected chi connectivity index (χ3v) is 5.77. The fourth-order valence-corrected chi connectivity index (χ4v) is 4.12. The molecular formula is C22H23F4N5. The fraction of sp³-hybridized carbons (Fsp3) is 0.409. The molecule has 3 aromatic rings. The number of nitrogens with one attached hydrogen (secondary N) is 1. The van der Waals surface area contributed by atoms with Gasteiger partial charge in [0.05, 0.1) is 11.4 Å². The van der Waals surface area contributed by atoms with Crippen LogP contribution in [0.1, 0.15) is 39.0 Å². The van der Waals surface area contributed by atoms with Gasteiger partial charge in [-0.05, 0) is 56.0 Å². The van der Waals surface area contributed by atoms with Crippen molar-refractivity contribution < 1.29 is 17.6 Å². The molecule has 1 aromatic carbocycles. The van der Waals surface area contributed by atoms with Crippen LogP contribution >= 0.6 is 0 Å². The van der Waals surface area contributed by atoms with Crippen molar-refractivity contribution in [1.29, 1.82) is 0 Å². The maximum atomic E-state index is 13.7. The number of imidazole rings is 1. The molecule has 0 aliphatic heterocycles. The van der Waals surface area contributed by atoms with Crippen molar-refractivity contribution in [3.05, 3.63) is 48.7 Å². The first-order valence-corrected chi connectivity index (χ1v) is 10.3. The smallest absolute Gasteiger partial charge is 0.351 e. The summed E-state index contributed by atoms with van der Waals surface area (Å²) in [4.78, 5) is 12.5. The van der Waals surface area contributed by atoms with E-state index in [0.29, 0.717) is 17.8 Å². The lowest BCUT2D eigenvalue weighted by molar-refractivity contribution is -0.202. The van der Waals surface area contributed by atoms with Crippen molar-refractivity contribution in [3.8, 4) is 22.6 Å². The lowest BCUT2D eigenvalue weighted by Gasteiger charge is -2.28. The van der Waals surface area contributed by atoms with Gasteiger partial charge < -0.3 is 5.32 Å². The Morgan fingerprint density at radius 1 is 1.03 bits per heavy atom.